The molecule has 4 bridgehead atoms. The van der Waals surface area contributed by atoms with E-state index in [1.165, 1.54) is 31.2 Å². The van der Waals surface area contributed by atoms with E-state index in [-0.39, 0.29) is 5.41 Å². The number of carbonyl (C=O) groups excluding carboxylic acids is 1. The van der Waals surface area contributed by atoms with E-state index in [9.17, 15) is 4.79 Å². The fourth-order valence-corrected chi connectivity index (χ4v) is 7.97. The first-order chi connectivity index (χ1) is 12.9. The Morgan fingerprint density at radius 1 is 0.926 bits per heavy atom. The van der Waals surface area contributed by atoms with Crippen molar-refractivity contribution in [1.29, 1.82) is 0 Å². The molecule has 2 unspecified atom stereocenters. The SMILES string of the molecule is CC12CC3CC(C)(C1)CC(C(=O)N1CCN(Cc4ccccc4)CC1)(C3)C2. The molecule has 1 saturated heterocycles. The molecule has 4 aliphatic carbocycles. The van der Waals surface area contributed by atoms with Gasteiger partial charge in [0, 0.05) is 32.7 Å². The predicted molar refractivity (Wildman–Crippen MR) is 108 cm³/mol. The Morgan fingerprint density at radius 2 is 1.56 bits per heavy atom. The molecule has 146 valence electrons. The number of hydrogen-bond acceptors (Lipinski definition) is 2. The first kappa shape index (κ1) is 17.7. The summed E-state index contributed by atoms with van der Waals surface area (Å²) < 4.78 is 0. The van der Waals surface area contributed by atoms with Crippen molar-refractivity contribution in [1.82, 2.24) is 9.80 Å². The van der Waals surface area contributed by atoms with Crippen molar-refractivity contribution < 1.29 is 4.79 Å². The Balaban J connectivity index is 1.26. The maximum atomic E-state index is 13.7. The molecular formula is C24H34N2O. The van der Waals surface area contributed by atoms with Crippen molar-refractivity contribution in [2.45, 2.75) is 58.9 Å². The smallest absolute Gasteiger partial charge is 0.228 e. The van der Waals surface area contributed by atoms with Crippen LogP contribution in [0, 0.1) is 22.2 Å². The van der Waals surface area contributed by atoms with Crippen molar-refractivity contribution in [2.24, 2.45) is 22.2 Å². The maximum absolute atomic E-state index is 13.7. The number of benzene rings is 1. The first-order valence-electron chi connectivity index (χ1n) is 10.9. The molecule has 1 aromatic rings. The van der Waals surface area contributed by atoms with Gasteiger partial charge in [-0.25, -0.2) is 0 Å². The van der Waals surface area contributed by atoms with Crippen LogP contribution in [0.25, 0.3) is 0 Å². The second-order valence-corrected chi connectivity index (χ2v) is 11.0. The lowest BCUT2D eigenvalue weighted by Gasteiger charge is -2.65. The zero-order chi connectivity index (χ0) is 18.7. The highest BCUT2D eigenvalue weighted by Crippen LogP contribution is 2.69. The van der Waals surface area contributed by atoms with Crippen LogP contribution >= 0.6 is 0 Å². The summed E-state index contributed by atoms with van der Waals surface area (Å²) in [6.45, 7) is 9.78. The molecule has 1 heterocycles. The second kappa shape index (κ2) is 6.07. The highest BCUT2D eigenvalue weighted by Gasteiger charge is 2.63. The summed E-state index contributed by atoms with van der Waals surface area (Å²) in [5.74, 6) is 1.29. The van der Waals surface area contributed by atoms with Crippen LogP contribution in [-0.4, -0.2) is 41.9 Å². The van der Waals surface area contributed by atoms with Gasteiger partial charge >= 0.3 is 0 Å². The van der Waals surface area contributed by atoms with Crippen LogP contribution < -0.4 is 0 Å². The van der Waals surface area contributed by atoms with Crippen LogP contribution in [-0.2, 0) is 11.3 Å². The summed E-state index contributed by atoms with van der Waals surface area (Å²) in [4.78, 5) is 18.4. The number of hydrogen-bond donors (Lipinski definition) is 0. The summed E-state index contributed by atoms with van der Waals surface area (Å²) in [6.07, 6.45) is 7.53. The average molecular weight is 367 g/mol. The van der Waals surface area contributed by atoms with Crippen molar-refractivity contribution in [3.8, 4) is 0 Å². The lowest BCUT2D eigenvalue weighted by molar-refractivity contribution is -0.180. The third-order valence-electron chi connectivity index (χ3n) is 7.99. The summed E-state index contributed by atoms with van der Waals surface area (Å²) in [5, 5.41) is 0. The second-order valence-electron chi connectivity index (χ2n) is 11.0. The Hall–Kier alpha value is -1.35. The molecule has 5 fully saturated rings. The third kappa shape index (κ3) is 3.12. The minimum absolute atomic E-state index is 0.0372. The maximum Gasteiger partial charge on any atom is 0.228 e. The standard InChI is InChI=1S/C24H34N2O/c1-22-12-20-13-23(2,16-22)18-24(14-20,17-22)21(27)26-10-8-25(9-11-26)15-19-6-4-3-5-7-19/h3-7,20H,8-18H2,1-2H3. The first-order valence-corrected chi connectivity index (χ1v) is 10.9. The minimum Gasteiger partial charge on any atom is -0.340 e. The van der Waals surface area contributed by atoms with E-state index < -0.39 is 0 Å². The van der Waals surface area contributed by atoms with Gasteiger partial charge in [-0.3, -0.25) is 9.69 Å². The molecule has 1 aliphatic heterocycles. The van der Waals surface area contributed by atoms with Gasteiger partial charge in [0.2, 0.25) is 5.91 Å². The molecule has 3 nitrogen and oxygen atoms in total. The van der Waals surface area contributed by atoms with Gasteiger partial charge in [0.25, 0.3) is 0 Å². The van der Waals surface area contributed by atoms with Crippen molar-refractivity contribution >= 4 is 5.91 Å². The molecule has 27 heavy (non-hydrogen) atoms. The Labute approximate surface area is 164 Å². The monoisotopic (exact) mass is 366 g/mol. The number of rotatable bonds is 3. The van der Waals surface area contributed by atoms with E-state index in [2.05, 4.69) is 54.0 Å². The van der Waals surface area contributed by atoms with Gasteiger partial charge in [0.05, 0.1) is 5.41 Å². The fraction of sp³-hybridized carbons (Fsp3) is 0.708. The summed E-state index contributed by atoms with van der Waals surface area (Å²) >= 11 is 0. The summed E-state index contributed by atoms with van der Waals surface area (Å²) in [5.41, 5.74) is 2.17. The topological polar surface area (TPSA) is 23.6 Å². The molecule has 0 spiro atoms. The van der Waals surface area contributed by atoms with E-state index in [1.54, 1.807) is 0 Å². The Kier molecular flexibility index (Phi) is 3.99. The zero-order valence-electron chi connectivity index (χ0n) is 17.0. The highest BCUT2D eigenvalue weighted by molar-refractivity contribution is 5.83. The molecule has 0 N–H and O–H groups in total. The molecule has 5 aliphatic rings. The van der Waals surface area contributed by atoms with Crippen LogP contribution in [0.5, 0.6) is 0 Å². The number of carbonyl (C=O) groups is 1. The van der Waals surface area contributed by atoms with E-state index in [1.807, 2.05) is 0 Å². The van der Waals surface area contributed by atoms with Crippen LogP contribution in [0.15, 0.2) is 30.3 Å². The molecular weight excluding hydrogens is 332 g/mol. The number of piperazine rings is 1. The molecule has 2 atom stereocenters. The highest BCUT2D eigenvalue weighted by atomic mass is 16.2. The van der Waals surface area contributed by atoms with Gasteiger partial charge in [-0.15, -0.1) is 0 Å². The predicted octanol–water partition coefficient (Wildman–Crippen LogP) is 4.33. The van der Waals surface area contributed by atoms with Crippen LogP contribution in [0.2, 0.25) is 0 Å². The van der Waals surface area contributed by atoms with Crippen molar-refractivity contribution in [2.75, 3.05) is 26.2 Å². The number of amides is 1. The van der Waals surface area contributed by atoms with Gasteiger partial charge in [-0.05, 0) is 60.8 Å². The van der Waals surface area contributed by atoms with Crippen molar-refractivity contribution in [3.63, 3.8) is 0 Å². The molecule has 4 saturated carbocycles. The fourth-order valence-electron chi connectivity index (χ4n) is 7.97. The average Bonchev–Trinajstić information content (AvgIpc) is 2.59. The van der Waals surface area contributed by atoms with Gasteiger partial charge < -0.3 is 4.90 Å². The van der Waals surface area contributed by atoms with Crippen LogP contribution in [0.1, 0.15) is 57.9 Å². The van der Waals surface area contributed by atoms with Gasteiger partial charge in [0.1, 0.15) is 0 Å². The summed E-state index contributed by atoms with van der Waals surface area (Å²) in [6, 6.07) is 10.7. The van der Waals surface area contributed by atoms with Gasteiger partial charge in [-0.2, -0.15) is 0 Å². The largest absolute Gasteiger partial charge is 0.340 e. The number of nitrogens with zero attached hydrogens (tertiary/aromatic N) is 2. The van der Waals surface area contributed by atoms with E-state index >= 15 is 0 Å². The van der Waals surface area contributed by atoms with Gasteiger partial charge in [0.15, 0.2) is 0 Å². The van der Waals surface area contributed by atoms with E-state index in [4.69, 9.17) is 0 Å². The summed E-state index contributed by atoms with van der Waals surface area (Å²) in [7, 11) is 0. The quantitative estimate of drug-likeness (QED) is 0.795. The molecule has 1 aromatic carbocycles. The van der Waals surface area contributed by atoms with Gasteiger partial charge in [-0.1, -0.05) is 44.2 Å². The van der Waals surface area contributed by atoms with Crippen molar-refractivity contribution in [3.05, 3.63) is 35.9 Å². The van der Waals surface area contributed by atoms with Crippen LogP contribution in [0.4, 0.5) is 0 Å². The molecule has 3 heteroatoms. The minimum atomic E-state index is -0.0372. The molecule has 6 rings (SSSR count). The zero-order valence-corrected chi connectivity index (χ0v) is 17.0. The molecule has 0 aromatic heterocycles. The normalized spacial score (nSPS) is 41.1. The Bertz CT molecular complexity index is 703. The van der Waals surface area contributed by atoms with Crippen LogP contribution in [0.3, 0.4) is 0 Å². The van der Waals surface area contributed by atoms with E-state index in [0.29, 0.717) is 16.7 Å². The third-order valence-corrected chi connectivity index (χ3v) is 7.99. The molecule has 0 radical (unpaired) electrons. The van der Waals surface area contributed by atoms with E-state index in [0.717, 1.165) is 51.5 Å². The molecule has 1 amide bonds. The lowest BCUT2D eigenvalue weighted by Crippen LogP contribution is -2.62. The Morgan fingerprint density at radius 3 is 2.15 bits per heavy atom. The lowest BCUT2D eigenvalue weighted by atomic mass is 9.40.